The maximum absolute atomic E-state index is 12.3. The molecule has 1 aromatic rings. The zero-order valence-electron chi connectivity index (χ0n) is 11.8. The van der Waals surface area contributed by atoms with Gasteiger partial charge in [0.15, 0.2) is 0 Å². The van der Waals surface area contributed by atoms with Gasteiger partial charge in [0, 0.05) is 28.3 Å². The van der Waals surface area contributed by atoms with E-state index in [2.05, 4.69) is 27.9 Å². The van der Waals surface area contributed by atoms with Crippen LogP contribution in [0.5, 0.6) is 0 Å². The molecule has 2 fully saturated rings. The number of likely N-dealkylation sites (tertiary alicyclic amines) is 1. The highest BCUT2D eigenvalue weighted by molar-refractivity contribution is 14.1. The summed E-state index contributed by atoms with van der Waals surface area (Å²) in [6.07, 6.45) is 4.95. The number of anilines is 1. The lowest BCUT2D eigenvalue weighted by Crippen LogP contribution is -2.35. The van der Waals surface area contributed by atoms with Crippen LogP contribution in [0.2, 0.25) is 0 Å². The number of amides is 2. The van der Waals surface area contributed by atoms with Crippen molar-refractivity contribution in [2.45, 2.75) is 38.1 Å². The van der Waals surface area contributed by atoms with Gasteiger partial charge in [-0.2, -0.15) is 0 Å². The van der Waals surface area contributed by atoms with Gasteiger partial charge in [0.25, 0.3) is 0 Å². The Morgan fingerprint density at radius 3 is 2.52 bits per heavy atom. The van der Waals surface area contributed by atoms with Crippen molar-refractivity contribution in [1.29, 1.82) is 0 Å². The Bertz CT molecular complexity index is 538. The fourth-order valence-corrected chi connectivity index (χ4v) is 3.61. The largest absolute Gasteiger partial charge is 0.339 e. The van der Waals surface area contributed by atoms with Crippen molar-refractivity contribution in [2.75, 3.05) is 11.9 Å². The van der Waals surface area contributed by atoms with Crippen LogP contribution in [0.4, 0.5) is 5.69 Å². The minimum Gasteiger partial charge on any atom is -0.339 e. The Hall–Kier alpha value is -1.11. The van der Waals surface area contributed by atoms with E-state index in [1.165, 1.54) is 12.8 Å². The van der Waals surface area contributed by atoms with Gasteiger partial charge in [-0.1, -0.05) is 12.8 Å². The molecule has 0 radical (unpaired) electrons. The summed E-state index contributed by atoms with van der Waals surface area (Å²) in [5.74, 6) is -0.105. The molecule has 1 saturated heterocycles. The minimum absolute atomic E-state index is 0.0370. The van der Waals surface area contributed by atoms with Gasteiger partial charge in [0.05, 0.1) is 5.92 Å². The van der Waals surface area contributed by atoms with Gasteiger partial charge in [-0.15, -0.1) is 0 Å². The lowest BCUT2D eigenvalue weighted by atomic mass is 10.1. The van der Waals surface area contributed by atoms with E-state index < -0.39 is 0 Å². The van der Waals surface area contributed by atoms with Crippen LogP contribution in [-0.2, 0) is 9.59 Å². The van der Waals surface area contributed by atoms with Crippen molar-refractivity contribution < 1.29 is 9.59 Å². The fraction of sp³-hybridized carbons (Fsp3) is 0.500. The number of rotatable bonds is 3. The van der Waals surface area contributed by atoms with Crippen molar-refractivity contribution >= 4 is 40.1 Å². The maximum atomic E-state index is 12.3. The molecular weight excluding hydrogens is 379 g/mol. The van der Waals surface area contributed by atoms with Gasteiger partial charge >= 0.3 is 0 Å². The Labute approximate surface area is 138 Å². The normalized spacial score (nSPS) is 22.8. The molecule has 1 aliphatic carbocycles. The van der Waals surface area contributed by atoms with E-state index in [4.69, 9.17) is 0 Å². The highest BCUT2D eigenvalue weighted by atomic mass is 127. The smallest absolute Gasteiger partial charge is 0.229 e. The van der Waals surface area contributed by atoms with Gasteiger partial charge in [-0.05, 0) is 59.7 Å². The van der Waals surface area contributed by atoms with E-state index in [0.717, 1.165) is 22.1 Å². The average molecular weight is 398 g/mol. The summed E-state index contributed by atoms with van der Waals surface area (Å²) in [6.45, 7) is 0.583. The molecule has 2 aliphatic rings. The first-order chi connectivity index (χ1) is 10.1. The molecule has 4 nitrogen and oxygen atoms in total. The summed E-state index contributed by atoms with van der Waals surface area (Å²) in [5, 5.41) is 2.92. The van der Waals surface area contributed by atoms with E-state index in [-0.39, 0.29) is 17.7 Å². The van der Waals surface area contributed by atoms with Crippen LogP contribution in [0.25, 0.3) is 0 Å². The molecule has 112 valence electrons. The third-order valence-corrected chi connectivity index (χ3v) is 5.13. The standard InChI is InChI=1S/C16H19IN2O2/c17-12-5-7-13(8-6-12)18-16(21)11-9-15(20)19(10-11)14-3-1-2-4-14/h5-8,11,14H,1-4,9-10H2,(H,18,21)/t11-/m0/s1. The Kier molecular flexibility index (Phi) is 4.47. The lowest BCUT2D eigenvalue weighted by molar-refractivity contribution is -0.129. The monoisotopic (exact) mass is 398 g/mol. The minimum atomic E-state index is -0.211. The summed E-state index contributed by atoms with van der Waals surface area (Å²) in [4.78, 5) is 26.4. The van der Waals surface area contributed by atoms with E-state index in [1.807, 2.05) is 29.2 Å². The molecule has 1 aromatic carbocycles. The highest BCUT2D eigenvalue weighted by Gasteiger charge is 2.38. The van der Waals surface area contributed by atoms with Crippen molar-refractivity contribution in [2.24, 2.45) is 5.92 Å². The van der Waals surface area contributed by atoms with Crippen molar-refractivity contribution in [3.8, 4) is 0 Å². The third-order valence-electron chi connectivity index (χ3n) is 4.41. The first-order valence-corrected chi connectivity index (χ1v) is 8.57. The van der Waals surface area contributed by atoms with Crippen LogP contribution >= 0.6 is 22.6 Å². The second kappa shape index (κ2) is 6.34. The molecule has 0 unspecified atom stereocenters. The van der Waals surface area contributed by atoms with Gasteiger partial charge < -0.3 is 10.2 Å². The number of hydrogen-bond donors (Lipinski definition) is 1. The van der Waals surface area contributed by atoms with Crippen LogP contribution in [0, 0.1) is 9.49 Å². The molecule has 0 bridgehead atoms. The van der Waals surface area contributed by atoms with Crippen LogP contribution in [0.1, 0.15) is 32.1 Å². The van der Waals surface area contributed by atoms with Crippen LogP contribution in [0.15, 0.2) is 24.3 Å². The number of carbonyl (C=O) groups excluding carboxylic acids is 2. The van der Waals surface area contributed by atoms with Gasteiger partial charge in [-0.25, -0.2) is 0 Å². The second-order valence-electron chi connectivity index (χ2n) is 5.88. The lowest BCUT2D eigenvalue weighted by Gasteiger charge is -2.23. The summed E-state index contributed by atoms with van der Waals surface area (Å²) in [6, 6.07) is 8.08. The Morgan fingerprint density at radius 1 is 1.19 bits per heavy atom. The summed E-state index contributed by atoms with van der Waals surface area (Å²) >= 11 is 2.23. The Balaban J connectivity index is 1.60. The van der Waals surface area contributed by atoms with E-state index in [9.17, 15) is 9.59 Å². The predicted octanol–water partition coefficient (Wildman–Crippen LogP) is 3.02. The number of nitrogens with zero attached hydrogens (tertiary/aromatic N) is 1. The quantitative estimate of drug-likeness (QED) is 0.796. The molecule has 1 heterocycles. The number of hydrogen-bond acceptors (Lipinski definition) is 2. The zero-order chi connectivity index (χ0) is 14.8. The number of nitrogens with one attached hydrogen (secondary N) is 1. The fourth-order valence-electron chi connectivity index (χ4n) is 3.25. The molecular formula is C16H19IN2O2. The van der Waals surface area contributed by atoms with Crippen molar-refractivity contribution in [1.82, 2.24) is 4.90 Å². The highest BCUT2D eigenvalue weighted by Crippen LogP contribution is 2.30. The van der Waals surface area contributed by atoms with Gasteiger partial charge in [0.1, 0.15) is 0 Å². The zero-order valence-corrected chi connectivity index (χ0v) is 14.0. The van der Waals surface area contributed by atoms with Crippen molar-refractivity contribution in [3.05, 3.63) is 27.8 Å². The van der Waals surface area contributed by atoms with E-state index in [1.54, 1.807) is 0 Å². The molecule has 1 N–H and O–H groups in total. The average Bonchev–Trinajstić information content (AvgIpc) is 3.10. The first kappa shape index (κ1) is 14.8. The van der Waals surface area contributed by atoms with Crippen LogP contribution in [0.3, 0.4) is 0 Å². The third kappa shape index (κ3) is 3.39. The molecule has 1 aliphatic heterocycles. The maximum Gasteiger partial charge on any atom is 0.229 e. The molecule has 2 amide bonds. The topological polar surface area (TPSA) is 49.4 Å². The molecule has 0 aromatic heterocycles. The SMILES string of the molecule is O=C(Nc1ccc(I)cc1)[C@H]1CC(=O)N(C2CCCC2)C1. The predicted molar refractivity (Wildman–Crippen MR) is 89.9 cm³/mol. The molecule has 5 heteroatoms. The number of halogens is 1. The summed E-state index contributed by atoms with van der Waals surface area (Å²) in [7, 11) is 0. The Morgan fingerprint density at radius 2 is 1.86 bits per heavy atom. The molecule has 1 atom stereocenters. The van der Waals surface area contributed by atoms with Gasteiger partial charge in [-0.3, -0.25) is 9.59 Å². The molecule has 3 rings (SSSR count). The first-order valence-electron chi connectivity index (χ1n) is 7.49. The van der Waals surface area contributed by atoms with Gasteiger partial charge in [0.2, 0.25) is 11.8 Å². The molecule has 1 saturated carbocycles. The second-order valence-corrected chi connectivity index (χ2v) is 7.13. The van der Waals surface area contributed by atoms with Crippen LogP contribution in [-0.4, -0.2) is 29.3 Å². The van der Waals surface area contributed by atoms with Crippen molar-refractivity contribution in [3.63, 3.8) is 0 Å². The van der Waals surface area contributed by atoms with Crippen LogP contribution < -0.4 is 5.32 Å². The summed E-state index contributed by atoms with van der Waals surface area (Å²) < 4.78 is 1.13. The van der Waals surface area contributed by atoms with E-state index in [0.29, 0.717) is 19.0 Å². The number of benzene rings is 1. The van der Waals surface area contributed by atoms with E-state index >= 15 is 0 Å². The summed E-state index contributed by atoms with van der Waals surface area (Å²) in [5.41, 5.74) is 0.798. The molecule has 0 spiro atoms. The number of carbonyl (C=O) groups is 2. The molecule has 21 heavy (non-hydrogen) atoms.